The summed E-state index contributed by atoms with van der Waals surface area (Å²) in [6.07, 6.45) is 1.67. The van der Waals surface area contributed by atoms with Gasteiger partial charge >= 0.3 is 0 Å². The number of hydrogen-bond acceptors (Lipinski definition) is 3. The lowest BCUT2D eigenvalue weighted by atomic mass is 10.2. The first-order valence-electron chi connectivity index (χ1n) is 6.34. The smallest absolute Gasteiger partial charge is 0.268 e. The summed E-state index contributed by atoms with van der Waals surface area (Å²) >= 11 is 12.7. The zero-order valence-electron chi connectivity index (χ0n) is 11.1. The largest absolute Gasteiger partial charge is 0.298 e. The fraction of sp³-hybridized carbons (Fsp3) is 0. The molecule has 0 atom stereocenters. The molecule has 0 saturated carbocycles. The van der Waals surface area contributed by atoms with Crippen LogP contribution in [0.15, 0.2) is 53.4 Å². The van der Waals surface area contributed by atoms with E-state index >= 15 is 0 Å². The summed E-state index contributed by atoms with van der Waals surface area (Å²) in [5.74, 6) is -0.354. The lowest BCUT2D eigenvalue weighted by Gasteiger charge is -2.12. The molecule has 3 rings (SSSR count). The highest BCUT2D eigenvalue weighted by molar-refractivity contribution is 8.19. The summed E-state index contributed by atoms with van der Waals surface area (Å²) in [5.41, 5.74) is 1.27. The fourth-order valence-corrected chi connectivity index (χ4v) is 3.17. The maximum Gasteiger partial charge on any atom is 0.298 e. The van der Waals surface area contributed by atoms with Crippen molar-refractivity contribution in [3.63, 3.8) is 0 Å². The van der Waals surface area contributed by atoms with E-state index in [0.29, 0.717) is 20.6 Å². The van der Waals surface area contributed by atoms with Gasteiger partial charge in [0.05, 0.1) is 10.6 Å². The average Bonchev–Trinajstić information content (AvgIpc) is 2.76. The number of halogens is 2. The molecule has 2 amide bonds. The molecular formula is C16H9Cl2NO2S. The van der Waals surface area contributed by atoms with Crippen LogP contribution in [0.3, 0.4) is 0 Å². The van der Waals surface area contributed by atoms with Crippen LogP contribution in [0, 0.1) is 0 Å². The Balaban J connectivity index is 1.93. The van der Waals surface area contributed by atoms with Crippen molar-refractivity contribution in [1.29, 1.82) is 0 Å². The van der Waals surface area contributed by atoms with Gasteiger partial charge in [-0.15, -0.1) is 0 Å². The number of rotatable bonds is 2. The first kappa shape index (κ1) is 15.2. The molecule has 1 aliphatic rings. The second-order valence-corrected chi connectivity index (χ2v) is 6.41. The number of carbonyl (C=O) groups is 2. The van der Waals surface area contributed by atoms with Crippen molar-refractivity contribution < 1.29 is 9.59 Å². The molecule has 6 heteroatoms. The summed E-state index contributed by atoms with van der Waals surface area (Å²) in [4.78, 5) is 26.1. The molecule has 0 unspecified atom stereocenters. The van der Waals surface area contributed by atoms with Crippen molar-refractivity contribution >= 4 is 57.9 Å². The second kappa shape index (κ2) is 6.16. The van der Waals surface area contributed by atoms with E-state index in [0.717, 1.165) is 22.2 Å². The van der Waals surface area contributed by atoms with E-state index in [1.807, 2.05) is 0 Å². The minimum atomic E-state index is -0.354. The molecule has 0 spiro atoms. The van der Waals surface area contributed by atoms with E-state index in [1.165, 1.54) is 0 Å². The number of nitrogens with zero attached hydrogens (tertiary/aromatic N) is 1. The number of thioether (sulfide) groups is 1. The van der Waals surface area contributed by atoms with E-state index in [9.17, 15) is 9.59 Å². The molecule has 0 aromatic heterocycles. The predicted molar refractivity (Wildman–Crippen MR) is 91.4 cm³/mol. The third-order valence-electron chi connectivity index (χ3n) is 3.03. The van der Waals surface area contributed by atoms with Crippen molar-refractivity contribution in [2.75, 3.05) is 4.90 Å². The van der Waals surface area contributed by atoms with Crippen molar-refractivity contribution in [2.24, 2.45) is 0 Å². The molecule has 110 valence electrons. The fourth-order valence-electron chi connectivity index (χ4n) is 2.02. The maximum absolute atomic E-state index is 12.4. The first-order valence-corrected chi connectivity index (χ1v) is 7.91. The highest BCUT2D eigenvalue weighted by Crippen LogP contribution is 2.36. The quantitative estimate of drug-likeness (QED) is 0.696. The Morgan fingerprint density at radius 2 is 1.68 bits per heavy atom. The van der Waals surface area contributed by atoms with Crippen molar-refractivity contribution in [2.45, 2.75) is 0 Å². The molecule has 1 fully saturated rings. The molecule has 1 aliphatic heterocycles. The van der Waals surface area contributed by atoms with Gasteiger partial charge < -0.3 is 0 Å². The summed E-state index contributed by atoms with van der Waals surface area (Å²) in [5, 5.41) is 0.745. The number of amides is 2. The van der Waals surface area contributed by atoms with E-state index < -0.39 is 0 Å². The first-order chi connectivity index (χ1) is 10.5. The van der Waals surface area contributed by atoms with Crippen LogP contribution in [0.25, 0.3) is 6.08 Å². The average molecular weight is 350 g/mol. The molecule has 22 heavy (non-hydrogen) atoms. The number of anilines is 1. The number of carbonyl (C=O) groups excluding carboxylic acids is 2. The highest BCUT2D eigenvalue weighted by atomic mass is 35.5. The normalized spacial score (nSPS) is 16.6. The van der Waals surface area contributed by atoms with Gasteiger partial charge in [0.25, 0.3) is 11.1 Å². The Hall–Kier alpha value is -1.75. The Morgan fingerprint density at radius 1 is 0.955 bits per heavy atom. The van der Waals surface area contributed by atoms with Crippen LogP contribution in [-0.2, 0) is 4.79 Å². The van der Waals surface area contributed by atoms with E-state index in [4.69, 9.17) is 23.2 Å². The zero-order chi connectivity index (χ0) is 15.7. The van der Waals surface area contributed by atoms with Crippen LogP contribution >= 0.6 is 35.0 Å². The molecule has 0 radical (unpaired) electrons. The molecule has 3 nitrogen and oxygen atoms in total. The van der Waals surface area contributed by atoms with Crippen molar-refractivity contribution in [1.82, 2.24) is 0 Å². The third-order valence-corrected chi connectivity index (χ3v) is 4.38. The van der Waals surface area contributed by atoms with Crippen LogP contribution in [-0.4, -0.2) is 11.1 Å². The Morgan fingerprint density at radius 3 is 2.36 bits per heavy atom. The molecular weight excluding hydrogens is 341 g/mol. The second-order valence-electron chi connectivity index (χ2n) is 4.55. The standard InChI is InChI=1S/C16H9Cl2NO2S/c17-11-6-4-10(5-7-11)8-14-15(20)19(16(21)22-14)13-3-1-2-12(18)9-13/h1-9H/b14-8+. The van der Waals surface area contributed by atoms with Crippen molar-refractivity contribution in [3.8, 4) is 0 Å². The number of benzene rings is 2. The van der Waals surface area contributed by atoms with Crippen LogP contribution < -0.4 is 4.90 Å². The molecule has 1 saturated heterocycles. The monoisotopic (exact) mass is 349 g/mol. The van der Waals surface area contributed by atoms with Gasteiger partial charge in [0.2, 0.25) is 0 Å². The Labute approximate surface area is 141 Å². The molecule has 1 heterocycles. The topological polar surface area (TPSA) is 37.4 Å². The Kier molecular flexibility index (Phi) is 4.25. The summed E-state index contributed by atoms with van der Waals surface area (Å²) < 4.78 is 0. The lowest BCUT2D eigenvalue weighted by Crippen LogP contribution is -2.27. The van der Waals surface area contributed by atoms with Crippen LogP contribution in [0.2, 0.25) is 10.0 Å². The van der Waals surface area contributed by atoms with Gasteiger partial charge in [-0.05, 0) is 53.7 Å². The van der Waals surface area contributed by atoms with Crippen LogP contribution in [0.4, 0.5) is 10.5 Å². The SMILES string of the molecule is O=C1S/C(=C/c2ccc(Cl)cc2)C(=O)N1c1cccc(Cl)c1. The molecule has 0 aliphatic carbocycles. The third kappa shape index (κ3) is 3.04. The van der Waals surface area contributed by atoms with Gasteiger partial charge in [0.15, 0.2) is 0 Å². The van der Waals surface area contributed by atoms with E-state index in [2.05, 4.69) is 0 Å². The van der Waals surface area contributed by atoms with Crippen LogP contribution in [0.1, 0.15) is 5.56 Å². The lowest BCUT2D eigenvalue weighted by molar-refractivity contribution is -0.113. The van der Waals surface area contributed by atoms with Gasteiger partial charge in [-0.3, -0.25) is 9.59 Å². The molecule has 0 bridgehead atoms. The van der Waals surface area contributed by atoms with Gasteiger partial charge in [0.1, 0.15) is 0 Å². The maximum atomic E-state index is 12.4. The number of hydrogen-bond donors (Lipinski definition) is 0. The number of imide groups is 1. The van der Waals surface area contributed by atoms with Gasteiger partial charge in [0, 0.05) is 10.0 Å². The molecule has 0 N–H and O–H groups in total. The highest BCUT2D eigenvalue weighted by Gasteiger charge is 2.36. The zero-order valence-corrected chi connectivity index (χ0v) is 13.5. The Bertz CT molecular complexity index is 787. The van der Waals surface area contributed by atoms with Crippen LogP contribution in [0.5, 0.6) is 0 Å². The van der Waals surface area contributed by atoms with Gasteiger partial charge in [-0.2, -0.15) is 0 Å². The van der Waals surface area contributed by atoms with Gasteiger partial charge in [-0.1, -0.05) is 41.4 Å². The molecule has 2 aromatic rings. The summed E-state index contributed by atoms with van der Waals surface area (Å²) in [7, 11) is 0. The summed E-state index contributed by atoms with van der Waals surface area (Å²) in [6, 6.07) is 13.7. The van der Waals surface area contributed by atoms with E-state index in [1.54, 1.807) is 54.6 Å². The minimum Gasteiger partial charge on any atom is -0.268 e. The predicted octanol–water partition coefficient (Wildman–Crippen LogP) is 5.23. The minimum absolute atomic E-state index is 0.340. The van der Waals surface area contributed by atoms with E-state index in [-0.39, 0.29) is 11.1 Å². The summed E-state index contributed by atoms with van der Waals surface area (Å²) in [6.45, 7) is 0. The van der Waals surface area contributed by atoms with Crippen molar-refractivity contribution in [3.05, 3.63) is 69.0 Å². The molecule has 2 aromatic carbocycles. The van der Waals surface area contributed by atoms with Gasteiger partial charge in [-0.25, -0.2) is 4.90 Å².